The maximum Gasteiger partial charge on any atom is 0.317 e. The number of carbonyl (C=O) groups excluding carboxylic acids is 1. The summed E-state index contributed by atoms with van der Waals surface area (Å²) in [6.45, 7) is 5.05. The molecule has 28 heavy (non-hydrogen) atoms. The molecule has 1 aliphatic rings. The maximum absolute atomic E-state index is 12.6. The van der Waals surface area contributed by atoms with Crippen molar-refractivity contribution in [2.75, 3.05) is 13.1 Å². The molecule has 7 nitrogen and oxygen atoms in total. The molecule has 1 N–H and O–H groups in total. The molecule has 1 aromatic carbocycles. The number of nitrogens with zero attached hydrogens (tertiary/aromatic N) is 5. The van der Waals surface area contributed by atoms with Gasteiger partial charge in [0.1, 0.15) is 0 Å². The second kappa shape index (κ2) is 8.29. The van der Waals surface area contributed by atoms with Crippen molar-refractivity contribution in [3.05, 3.63) is 66.5 Å². The fourth-order valence-electron chi connectivity index (χ4n) is 3.74. The summed E-state index contributed by atoms with van der Waals surface area (Å²) in [6.07, 6.45) is 11.6. The lowest BCUT2D eigenvalue weighted by molar-refractivity contribution is 0.159. The molecule has 2 aromatic heterocycles. The second-order valence-electron chi connectivity index (χ2n) is 7.50. The molecule has 0 radical (unpaired) electrons. The van der Waals surface area contributed by atoms with E-state index in [9.17, 15) is 4.79 Å². The highest BCUT2D eigenvalue weighted by Crippen LogP contribution is 2.18. The zero-order chi connectivity index (χ0) is 19.3. The van der Waals surface area contributed by atoms with E-state index >= 15 is 0 Å². The van der Waals surface area contributed by atoms with Crippen LogP contribution in [0.3, 0.4) is 0 Å². The first-order valence-corrected chi connectivity index (χ1v) is 9.76. The topological polar surface area (TPSA) is 68.0 Å². The zero-order valence-electron chi connectivity index (χ0n) is 16.2. The minimum absolute atomic E-state index is 0.00126. The number of imidazole rings is 1. The Hall–Kier alpha value is -3.09. The molecule has 1 atom stereocenters. The second-order valence-corrected chi connectivity index (χ2v) is 7.50. The lowest BCUT2D eigenvalue weighted by atomic mass is 9.98. The number of amides is 2. The molecular formula is C21H26N6O. The molecule has 3 aromatic rings. The minimum atomic E-state index is -0.00126. The SMILES string of the molecule is Cc1cccc(-n2cc(CNC(=O)N3CCCC(Cn4ccnc4)C3)cn2)c1. The van der Waals surface area contributed by atoms with E-state index in [0.29, 0.717) is 12.5 Å². The molecule has 1 fully saturated rings. The summed E-state index contributed by atoms with van der Waals surface area (Å²) in [4.78, 5) is 18.6. The molecule has 7 heteroatoms. The van der Waals surface area contributed by atoms with E-state index in [4.69, 9.17) is 0 Å². The number of rotatable bonds is 5. The summed E-state index contributed by atoms with van der Waals surface area (Å²) in [7, 11) is 0. The quantitative estimate of drug-likeness (QED) is 0.742. The third kappa shape index (κ3) is 4.42. The average Bonchev–Trinajstić information content (AvgIpc) is 3.38. The first-order valence-electron chi connectivity index (χ1n) is 9.76. The van der Waals surface area contributed by atoms with Crippen LogP contribution in [0, 0.1) is 12.8 Å². The molecule has 0 spiro atoms. The maximum atomic E-state index is 12.6. The van der Waals surface area contributed by atoms with E-state index in [2.05, 4.69) is 39.0 Å². The highest BCUT2D eigenvalue weighted by molar-refractivity contribution is 5.74. The van der Waals surface area contributed by atoms with E-state index < -0.39 is 0 Å². The highest BCUT2D eigenvalue weighted by Gasteiger charge is 2.23. The fraction of sp³-hybridized carbons (Fsp3) is 0.381. The van der Waals surface area contributed by atoms with E-state index in [1.54, 1.807) is 12.4 Å². The van der Waals surface area contributed by atoms with Crippen LogP contribution in [0.5, 0.6) is 0 Å². The number of hydrogen-bond acceptors (Lipinski definition) is 3. The number of urea groups is 1. The number of piperidine rings is 1. The van der Waals surface area contributed by atoms with Crippen LogP contribution < -0.4 is 5.32 Å². The van der Waals surface area contributed by atoms with Crippen LogP contribution in [-0.4, -0.2) is 43.4 Å². The number of nitrogens with one attached hydrogen (secondary N) is 1. The van der Waals surface area contributed by atoms with Crippen LogP contribution in [-0.2, 0) is 13.1 Å². The summed E-state index contributed by atoms with van der Waals surface area (Å²) in [5.74, 6) is 0.470. The lowest BCUT2D eigenvalue weighted by Gasteiger charge is -2.32. The first kappa shape index (κ1) is 18.3. The Kier molecular flexibility index (Phi) is 5.41. The predicted molar refractivity (Wildman–Crippen MR) is 107 cm³/mol. The average molecular weight is 378 g/mol. The normalized spacial score (nSPS) is 16.9. The van der Waals surface area contributed by atoms with E-state index in [1.165, 1.54) is 5.56 Å². The predicted octanol–water partition coefficient (Wildman–Crippen LogP) is 3.00. The van der Waals surface area contributed by atoms with Crippen molar-refractivity contribution in [1.29, 1.82) is 0 Å². The van der Waals surface area contributed by atoms with Crippen molar-refractivity contribution in [3.63, 3.8) is 0 Å². The molecule has 3 heterocycles. The largest absolute Gasteiger partial charge is 0.337 e. The van der Waals surface area contributed by atoms with Gasteiger partial charge in [-0.1, -0.05) is 12.1 Å². The van der Waals surface area contributed by atoms with Gasteiger partial charge < -0.3 is 14.8 Å². The lowest BCUT2D eigenvalue weighted by Crippen LogP contribution is -2.45. The van der Waals surface area contributed by atoms with Crippen LogP contribution in [0.1, 0.15) is 24.0 Å². The number of aryl methyl sites for hydroxylation is 1. The fourth-order valence-corrected chi connectivity index (χ4v) is 3.74. The van der Waals surface area contributed by atoms with Gasteiger partial charge in [-0.05, 0) is 43.4 Å². The van der Waals surface area contributed by atoms with E-state index in [-0.39, 0.29) is 6.03 Å². The molecule has 146 valence electrons. The van der Waals surface area contributed by atoms with Crippen LogP contribution >= 0.6 is 0 Å². The molecule has 4 rings (SSSR count). The molecule has 2 amide bonds. The number of likely N-dealkylation sites (tertiary alicyclic amines) is 1. The van der Waals surface area contributed by atoms with Gasteiger partial charge in [0, 0.05) is 50.3 Å². The first-order chi connectivity index (χ1) is 13.7. The number of benzene rings is 1. The monoisotopic (exact) mass is 378 g/mol. The Morgan fingerprint density at radius 2 is 2.29 bits per heavy atom. The van der Waals surface area contributed by atoms with Gasteiger partial charge in [0.2, 0.25) is 0 Å². The molecular weight excluding hydrogens is 352 g/mol. The molecule has 0 saturated carbocycles. The molecule has 0 bridgehead atoms. The smallest absolute Gasteiger partial charge is 0.317 e. The summed E-state index contributed by atoms with van der Waals surface area (Å²) in [5, 5.41) is 7.45. The molecule has 1 saturated heterocycles. The number of hydrogen-bond donors (Lipinski definition) is 1. The van der Waals surface area contributed by atoms with Crippen LogP contribution in [0.25, 0.3) is 5.69 Å². The Labute approximate surface area is 165 Å². The number of carbonyl (C=O) groups is 1. The summed E-state index contributed by atoms with van der Waals surface area (Å²) >= 11 is 0. The number of aromatic nitrogens is 4. The summed E-state index contributed by atoms with van der Waals surface area (Å²) in [6, 6.07) is 8.19. The molecule has 0 aliphatic carbocycles. The van der Waals surface area contributed by atoms with Gasteiger partial charge in [-0.3, -0.25) is 0 Å². The minimum Gasteiger partial charge on any atom is -0.337 e. The Bertz CT molecular complexity index is 917. The molecule has 1 unspecified atom stereocenters. The summed E-state index contributed by atoms with van der Waals surface area (Å²) < 4.78 is 3.93. The van der Waals surface area contributed by atoms with E-state index in [1.807, 2.05) is 40.4 Å². The van der Waals surface area contributed by atoms with Gasteiger partial charge in [0.15, 0.2) is 0 Å². The van der Waals surface area contributed by atoms with Gasteiger partial charge >= 0.3 is 6.03 Å². The van der Waals surface area contributed by atoms with E-state index in [0.717, 1.165) is 43.7 Å². The standard InChI is InChI=1S/C21H26N6O/c1-17-4-2-6-20(10-17)27-15-19(12-24-27)11-23-21(28)26-8-3-5-18(14-26)13-25-9-7-22-16-25/h2,4,6-7,9-10,12,15-16,18H,3,5,8,11,13-14H2,1H3,(H,23,28). The summed E-state index contributed by atoms with van der Waals surface area (Å²) in [5.41, 5.74) is 3.20. The van der Waals surface area contributed by atoms with Gasteiger partial charge in [0.25, 0.3) is 0 Å². The highest BCUT2D eigenvalue weighted by atomic mass is 16.2. The van der Waals surface area contributed by atoms with Crippen molar-refractivity contribution in [2.45, 2.75) is 32.9 Å². The Morgan fingerprint density at radius 3 is 3.11 bits per heavy atom. The van der Waals surface area contributed by atoms with Crippen LogP contribution in [0.2, 0.25) is 0 Å². The molecule has 1 aliphatic heterocycles. The van der Waals surface area contributed by atoms with Gasteiger partial charge in [-0.2, -0.15) is 5.10 Å². The van der Waals surface area contributed by atoms with Crippen molar-refractivity contribution < 1.29 is 4.79 Å². The third-order valence-electron chi connectivity index (χ3n) is 5.18. The van der Waals surface area contributed by atoms with Gasteiger partial charge in [-0.25, -0.2) is 14.5 Å². The third-order valence-corrected chi connectivity index (χ3v) is 5.18. The zero-order valence-corrected chi connectivity index (χ0v) is 16.2. The van der Waals surface area contributed by atoms with Crippen LogP contribution in [0.4, 0.5) is 4.79 Å². The van der Waals surface area contributed by atoms with Crippen molar-refractivity contribution in [2.24, 2.45) is 5.92 Å². The van der Waals surface area contributed by atoms with Crippen molar-refractivity contribution in [3.8, 4) is 5.69 Å². The van der Waals surface area contributed by atoms with Gasteiger partial charge in [-0.15, -0.1) is 0 Å². The van der Waals surface area contributed by atoms with Gasteiger partial charge in [0.05, 0.1) is 18.2 Å². The van der Waals surface area contributed by atoms with Crippen molar-refractivity contribution in [1.82, 2.24) is 29.5 Å². The van der Waals surface area contributed by atoms with Crippen LogP contribution in [0.15, 0.2) is 55.4 Å². The van der Waals surface area contributed by atoms with Crippen molar-refractivity contribution >= 4 is 6.03 Å². The Morgan fingerprint density at radius 1 is 1.36 bits per heavy atom. The Balaban J connectivity index is 1.30.